The van der Waals surface area contributed by atoms with Gasteiger partial charge in [-0.2, -0.15) is 15.0 Å². The van der Waals surface area contributed by atoms with Gasteiger partial charge in [0.1, 0.15) is 5.82 Å². The third-order valence-corrected chi connectivity index (χ3v) is 3.58. The standard InChI is InChI=1S/C14H14ClFN4/c1-9-8-10(16)4-5-11(9)12-17-13(15)19-14(18-12)20-6-2-3-7-20/h4-5,8H,2-3,6-7H2,1H3. The second kappa shape index (κ2) is 5.32. The zero-order valence-corrected chi connectivity index (χ0v) is 11.9. The van der Waals surface area contributed by atoms with Gasteiger partial charge in [-0.3, -0.25) is 0 Å². The van der Waals surface area contributed by atoms with Crippen LogP contribution < -0.4 is 4.90 Å². The molecule has 0 aliphatic carbocycles. The van der Waals surface area contributed by atoms with Gasteiger partial charge < -0.3 is 4.90 Å². The van der Waals surface area contributed by atoms with Gasteiger partial charge in [-0.25, -0.2) is 4.39 Å². The van der Waals surface area contributed by atoms with Crippen molar-refractivity contribution in [3.8, 4) is 11.4 Å². The lowest BCUT2D eigenvalue weighted by atomic mass is 10.1. The summed E-state index contributed by atoms with van der Waals surface area (Å²) < 4.78 is 13.2. The normalized spacial score (nSPS) is 14.8. The van der Waals surface area contributed by atoms with Crippen molar-refractivity contribution in [1.29, 1.82) is 0 Å². The van der Waals surface area contributed by atoms with Gasteiger partial charge in [0, 0.05) is 18.7 Å². The van der Waals surface area contributed by atoms with Crippen LogP contribution in [0.25, 0.3) is 11.4 Å². The van der Waals surface area contributed by atoms with E-state index in [1.54, 1.807) is 6.07 Å². The van der Waals surface area contributed by atoms with Crippen molar-refractivity contribution in [3.63, 3.8) is 0 Å². The first kappa shape index (κ1) is 13.2. The van der Waals surface area contributed by atoms with Crippen LogP contribution in [0.4, 0.5) is 10.3 Å². The third kappa shape index (κ3) is 2.58. The van der Waals surface area contributed by atoms with Gasteiger partial charge in [0.15, 0.2) is 5.82 Å². The second-order valence-electron chi connectivity index (χ2n) is 4.88. The first-order chi connectivity index (χ1) is 9.63. The minimum absolute atomic E-state index is 0.167. The molecular weight excluding hydrogens is 279 g/mol. The fourth-order valence-electron chi connectivity index (χ4n) is 2.40. The Balaban J connectivity index is 2.04. The van der Waals surface area contributed by atoms with E-state index in [1.165, 1.54) is 12.1 Å². The Morgan fingerprint density at radius 1 is 1.15 bits per heavy atom. The van der Waals surface area contributed by atoms with E-state index in [0.717, 1.165) is 37.1 Å². The van der Waals surface area contributed by atoms with Crippen LogP contribution in [0.1, 0.15) is 18.4 Å². The first-order valence-electron chi connectivity index (χ1n) is 6.56. The molecule has 4 nitrogen and oxygen atoms in total. The SMILES string of the molecule is Cc1cc(F)ccc1-c1nc(Cl)nc(N2CCCC2)n1. The Hall–Kier alpha value is -1.75. The number of hydrogen-bond donors (Lipinski definition) is 0. The van der Waals surface area contributed by atoms with E-state index < -0.39 is 0 Å². The molecule has 0 bridgehead atoms. The maximum absolute atomic E-state index is 13.2. The monoisotopic (exact) mass is 292 g/mol. The van der Waals surface area contributed by atoms with Gasteiger partial charge in [-0.05, 0) is 55.1 Å². The largest absolute Gasteiger partial charge is 0.341 e. The molecule has 1 aromatic heterocycles. The van der Waals surface area contributed by atoms with Crippen LogP contribution in [0.5, 0.6) is 0 Å². The fourth-order valence-corrected chi connectivity index (χ4v) is 2.55. The molecule has 2 aromatic rings. The van der Waals surface area contributed by atoms with Crippen molar-refractivity contribution in [2.24, 2.45) is 0 Å². The van der Waals surface area contributed by atoms with E-state index in [0.29, 0.717) is 11.8 Å². The molecule has 1 aromatic carbocycles. The summed E-state index contributed by atoms with van der Waals surface area (Å²) in [5, 5.41) is 0.167. The maximum Gasteiger partial charge on any atom is 0.230 e. The zero-order chi connectivity index (χ0) is 14.1. The summed E-state index contributed by atoms with van der Waals surface area (Å²) in [5.41, 5.74) is 1.55. The Bertz CT molecular complexity index is 641. The minimum atomic E-state index is -0.272. The summed E-state index contributed by atoms with van der Waals surface area (Å²) >= 11 is 6.00. The van der Waals surface area contributed by atoms with Gasteiger partial charge in [0.2, 0.25) is 11.2 Å². The number of halogens is 2. The van der Waals surface area contributed by atoms with Crippen LogP contribution >= 0.6 is 11.6 Å². The average Bonchev–Trinajstić information content (AvgIpc) is 2.91. The van der Waals surface area contributed by atoms with Gasteiger partial charge in [-0.1, -0.05) is 0 Å². The molecule has 0 unspecified atom stereocenters. The highest BCUT2D eigenvalue weighted by Gasteiger charge is 2.18. The number of anilines is 1. The average molecular weight is 293 g/mol. The molecule has 0 saturated carbocycles. The Labute approximate surface area is 121 Å². The number of nitrogens with zero attached hydrogens (tertiary/aromatic N) is 4. The molecule has 1 fully saturated rings. The van der Waals surface area contributed by atoms with Crippen molar-refractivity contribution in [3.05, 3.63) is 34.9 Å². The molecule has 1 saturated heterocycles. The Morgan fingerprint density at radius 2 is 1.90 bits per heavy atom. The highest BCUT2D eigenvalue weighted by molar-refractivity contribution is 6.28. The number of aryl methyl sites for hydroxylation is 1. The van der Waals surface area contributed by atoms with E-state index in [9.17, 15) is 4.39 Å². The van der Waals surface area contributed by atoms with E-state index >= 15 is 0 Å². The topological polar surface area (TPSA) is 41.9 Å². The van der Waals surface area contributed by atoms with E-state index in [4.69, 9.17) is 11.6 Å². The molecule has 0 amide bonds. The fraction of sp³-hybridized carbons (Fsp3) is 0.357. The lowest BCUT2D eigenvalue weighted by Crippen LogP contribution is -2.21. The van der Waals surface area contributed by atoms with E-state index in [2.05, 4.69) is 19.9 Å². The number of hydrogen-bond acceptors (Lipinski definition) is 4. The molecule has 3 rings (SSSR count). The smallest absolute Gasteiger partial charge is 0.230 e. The molecule has 0 spiro atoms. The molecule has 2 heterocycles. The van der Waals surface area contributed by atoms with Crippen LogP contribution in [-0.4, -0.2) is 28.0 Å². The molecule has 20 heavy (non-hydrogen) atoms. The van der Waals surface area contributed by atoms with Crippen molar-refractivity contribution in [2.75, 3.05) is 18.0 Å². The third-order valence-electron chi connectivity index (χ3n) is 3.41. The van der Waals surface area contributed by atoms with Gasteiger partial charge in [-0.15, -0.1) is 0 Å². The highest BCUT2D eigenvalue weighted by Crippen LogP contribution is 2.24. The minimum Gasteiger partial charge on any atom is -0.341 e. The highest BCUT2D eigenvalue weighted by atomic mass is 35.5. The Kier molecular flexibility index (Phi) is 3.53. The summed E-state index contributed by atoms with van der Waals surface area (Å²) in [5.74, 6) is 0.816. The first-order valence-corrected chi connectivity index (χ1v) is 6.94. The number of benzene rings is 1. The quantitative estimate of drug-likeness (QED) is 0.852. The number of rotatable bonds is 2. The molecule has 1 aliphatic heterocycles. The molecule has 6 heteroatoms. The summed E-state index contributed by atoms with van der Waals surface area (Å²) in [7, 11) is 0. The molecule has 0 atom stereocenters. The van der Waals surface area contributed by atoms with Crippen LogP contribution in [0.3, 0.4) is 0 Å². The summed E-state index contributed by atoms with van der Waals surface area (Å²) in [6.45, 7) is 3.69. The van der Waals surface area contributed by atoms with Gasteiger partial charge in [0.25, 0.3) is 0 Å². The lowest BCUT2D eigenvalue weighted by molar-refractivity contribution is 0.627. The van der Waals surface area contributed by atoms with E-state index in [-0.39, 0.29) is 11.1 Å². The number of aromatic nitrogens is 3. The van der Waals surface area contributed by atoms with Crippen LogP contribution in [0, 0.1) is 12.7 Å². The van der Waals surface area contributed by atoms with Crippen molar-refractivity contribution in [1.82, 2.24) is 15.0 Å². The van der Waals surface area contributed by atoms with Crippen molar-refractivity contribution < 1.29 is 4.39 Å². The molecule has 1 aliphatic rings. The molecule has 0 N–H and O–H groups in total. The molecular formula is C14H14ClFN4. The van der Waals surface area contributed by atoms with E-state index in [1.807, 2.05) is 6.92 Å². The Morgan fingerprint density at radius 3 is 2.60 bits per heavy atom. The van der Waals surface area contributed by atoms with Crippen molar-refractivity contribution >= 4 is 17.5 Å². The van der Waals surface area contributed by atoms with Gasteiger partial charge >= 0.3 is 0 Å². The van der Waals surface area contributed by atoms with Crippen molar-refractivity contribution in [2.45, 2.75) is 19.8 Å². The predicted octanol–water partition coefficient (Wildman–Crippen LogP) is 3.24. The zero-order valence-electron chi connectivity index (χ0n) is 11.1. The summed E-state index contributed by atoms with van der Waals surface area (Å²) in [4.78, 5) is 14.9. The molecule has 0 radical (unpaired) electrons. The summed E-state index contributed by atoms with van der Waals surface area (Å²) in [6, 6.07) is 4.53. The van der Waals surface area contributed by atoms with Crippen LogP contribution in [0.2, 0.25) is 5.28 Å². The molecule has 104 valence electrons. The lowest BCUT2D eigenvalue weighted by Gasteiger charge is -2.15. The van der Waals surface area contributed by atoms with Crippen LogP contribution in [0.15, 0.2) is 18.2 Å². The van der Waals surface area contributed by atoms with Crippen LogP contribution in [-0.2, 0) is 0 Å². The van der Waals surface area contributed by atoms with Gasteiger partial charge in [0.05, 0.1) is 0 Å². The second-order valence-corrected chi connectivity index (χ2v) is 5.22. The maximum atomic E-state index is 13.2. The summed E-state index contributed by atoms with van der Waals surface area (Å²) in [6.07, 6.45) is 2.27. The predicted molar refractivity (Wildman–Crippen MR) is 76.4 cm³/mol.